The van der Waals surface area contributed by atoms with Crippen molar-refractivity contribution in [3.63, 3.8) is 0 Å². The summed E-state index contributed by atoms with van der Waals surface area (Å²) < 4.78 is -2.63. The zero-order valence-electron chi connectivity index (χ0n) is 8.52. The van der Waals surface area contributed by atoms with Gasteiger partial charge in [-0.3, -0.25) is 30.3 Å². The van der Waals surface area contributed by atoms with E-state index < -0.39 is 47.5 Å². The summed E-state index contributed by atoms with van der Waals surface area (Å²) in [5.74, 6) is -3.05. The summed E-state index contributed by atoms with van der Waals surface area (Å²) in [6.45, 7) is 0. The third-order valence-corrected chi connectivity index (χ3v) is 3.38. The fourth-order valence-electron chi connectivity index (χ4n) is 1.44. The molecule has 104 valence electrons. The second-order valence-corrected chi connectivity index (χ2v) is 5.56. The van der Waals surface area contributed by atoms with Crippen molar-refractivity contribution >= 4 is 27.5 Å². The molecular formula is C6H3BrClN3O8. The predicted molar refractivity (Wildman–Crippen MR) is 61.6 cm³/mol. The Labute approximate surface area is 116 Å². The van der Waals surface area contributed by atoms with E-state index >= 15 is 0 Å². The maximum atomic E-state index is 10.8. The summed E-state index contributed by atoms with van der Waals surface area (Å²) in [4.78, 5) is 28.2. The molecule has 1 aliphatic carbocycles. The Morgan fingerprint density at radius 3 is 1.95 bits per heavy atom. The normalized spacial score (nSPS) is 27.4. The molecule has 2 atom stereocenters. The van der Waals surface area contributed by atoms with Gasteiger partial charge in [0.15, 0.2) is 0 Å². The van der Waals surface area contributed by atoms with Crippen molar-refractivity contribution in [2.75, 3.05) is 0 Å². The quantitative estimate of drug-likeness (QED) is 0.427. The first-order valence-corrected chi connectivity index (χ1v) is 5.37. The lowest BCUT2D eigenvalue weighted by molar-refractivity contribution is -0.531. The van der Waals surface area contributed by atoms with Gasteiger partial charge in [0.05, 0.1) is 9.85 Å². The van der Waals surface area contributed by atoms with Crippen LogP contribution in [-0.2, 0) is 0 Å². The van der Waals surface area contributed by atoms with Crippen molar-refractivity contribution in [2.45, 2.75) is 9.83 Å². The van der Waals surface area contributed by atoms with Gasteiger partial charge in [0.25, 0.3) is 15.3 Å². The Morgan fingerprint density at radius 2 is 1.63 bits per heavy atom. The summed E-state index contributed by atoms with van der Waals surface area (Å²) >= 11 is 7.98. The highest BCUT2D eigenvalue weighted by Crippen LogP contribution is 2.46. The van der Waals surface area contributed by atoms with Gasteiger partial charge >= 0.3 is 17.4 Å². The molecule has 0 saturated heterocycles. The van der Waals surface area contributed by atoms with Gasteiger partial charge in [0.2, 0.25) is 0 Å². The molecule has 0 aromatic carbocycles. The second kappa shape index (κ2) is 4.62. The van der Waals surface area contributed by atoms with Crippen LogP contribution in [0.3, 0.4) is 0 Å². The minimum Gasteiger partial charge on any atom is -0.501 e. The predicted octanol–water partition coefficient (Wildman–Crippen LogP) is 1.07. The first-order chi connectivity index (χ1) is 8.53. The Morgan fingerprint density at radius 1 is 1.16 bits per heavy atom. The Hall–Kier alpha value is -1.95. The number of nitro groups is 3. The van der Waals surface area contributed by atoms with Crippen LogP contribution in [0.1, 0.15) is 0 Å². The molecule has 0 heterocycles. The van der Waals surface area contributed by atoms with E-state index in [4.69, 9.17) is 11.6 Å². The SMILES string of the molecule is O=[N+]([O-])C1=C(O)C([N+](=O)[O-])C(Cl)(Br)C([N+](=O)[O-])=C1O. The number of hydrogen-bond acceptors (Lipinski definition) is 8. The first-order valence-electron chi connectivity index (χ1n) is 4.20. The molecule has 11 nitrogen and oxygen atoms in total. The van der Waals surface area contributed by atoms with Crippen molar-refractivity contribution in [1.29, 1.82) is 0 Å². The van der Waals surface area contributed by atoms with Crippen LogP contribution in [0, 0.1) is 30.3 Å². The van der Waals surface area contributed by atoms with Gasteiger partial charge in [-0.05, 0) is 15.9 Å². The Balaban J connectivity index is 3.74. The van der Waals surface area contributed by atoms with Gasteiger partial charge < -0.3 is 10.2 Å². The van der Waals surface area contributed by atoms with E-state index in [1.807, 2.05) is 0 Å². The molecule has 1 aliphatic rings. The van der Waals surface area contributed by atoms with Gasteiger partial charge in [-0.15, -0.1) is 0 Å². The summed E-state index contributed by atoms with van der Waals surface area (Å²) in [7, 11) is 0. The molecule has 0 aliphatic heterocycles. The van der Waals surface area contributed by atoms with E-state index in [2.05, 4.69) is 15.9 Å². The number of halogens is 2. The lowest BCUT2D eigenvalue weighted by atomic mass is 10.00. The highest BCUT2D eigenvalue weighted by atomic mass is 79.9. The molecule has 0 bridgehead atoms. The highest BCUT2D eigenvalue weighted by molar-refractivity contribution is 9.10. The molecule has 1 rings (SSSR count). The third kappa shape index (κ3) is 2.19. The fourth-order valence-corrected chi connectivity index (χ4v) is 2.50. The number of alkyl halides is 2. The number of rotatable bonds is 3. The molecule has 0 amide bonds. The van der Waals surface area contributed by atoms with Crippen LogP contribution in [-0.4, -0.2) is 34.8 Å². The van der Waals surface area contributed by atoms with E-state index in [0.717, 1.165) is 0 Å². The summed E-state index contributed by atoms with van der Waals surface area (Å²) in [5, 5.41) is 51.0. The number of aliphatic hydroxyl groups excluding tert-OH is 2. The number of aliphatic hydroxyl groups is 2. The van der Waals surface area contributed by atoms with Gasteiger partial charge in [-0.25, -0.2) is 0 Å². The van der Waals surface area contributed by atoms with E-state index in [-0.39, 0.29) is 0 Å². The summed E-state index contributed by atoms with van der Waals surface area (Å²) in [6.07, 6.45) is 0. The molecular weight excluding hydrogens is 357 g/mol. The molecule has 0 fully saturated rings. The first kappa shape index (κ1) is 15.1. The second-order valence-electron chi connectivity index (χ2n) is 3.26. The smallest absolute Gasteiger partial charge is 0.362 e. The molecule has 19 heavy (non-hydrogen) atoms. The average molecular weight is 360 g/mol. The van der Waals surface area contributed by atoms with Crippen LogP contribution < -0.4 is 0 Å². The molecule has 0 saturated carbocycles. The average Bonchev–Trinajstić information content (AvgIpc) is 2.11. The Kier molecular flexibility index (Phi) is 3.67. The molecule has 13 heteroatoms. The zero-order chi connectivity index (χ0) is 15.1. The Bertz CT molecular complexity index is 555. The van der Waals surface area contributed by atoms with Crippen LogP contribution in [0.4, 0.5) is 0 Å². The number of hydrogen-bond donors (Lipinski definition) is 2. The van der Waals surface area contributed by atoms with E-state index in [1.54, 1.807) is 0 Å². The highest BCUT2D eigenvalue weighted by Gasteiger charge is 2.64. The van der Waals surface area contributed by atoms with Crippen LogP contribution >= 0.6 is 27.5 Å². The van der Waals surface area contributed by atoms with Crippen LogP contribution in [0.5, 0.6) is 0 Å². The number of nitrogens with zero attached hydrogens (tertiary/aromatic N) is 3. The van der Waals surface area contributed by atoms with E-state index in [9.17, 15) is 40.6 Å². The maximum absolute atomic E-state index is 10.8. The van der Waals surface area contributed by atoms with E-state index in [1.165, 1.54) is 0 Å². The molecule has 0 spiro atoms. The zero-order valence-corrected chi connectivity index (χ0v) is 10.9. The molecule has 2 unspecified atom stereocenters. The van der Waals surface area contributed by atoms with Gasteiger partial charge in [-0.1, -0.05) is 11.6 Å². The van der Waals surface area contributed by atoms with Crippen molar-refractivity contribution in [3.8, 4) is 0 Å². The topological polar surface area (TPSA) is 170 Å². The summed E-state index contributed by atoms with van der Waals surface area (Å²) in [5.41, 5.74) is -2.94. The molecule has 0 aromatic heterocycles. The van der Waals surface area contributed by atoms with Crippen molar-refractivity contribution in [3.05, 3.63) is 53.3 Å². The van der Waals surface area contributed by atoms with Crippen molar-refractivity contribution < 1.29 is 25.0 Å². The van der Waals surface area contributed by atoms with Crippen LogP contribution in [0.15, 0.2) is 22.9 Å². The fraction of sp³-hybridized carbons (Fsp3) is 0.333. The standard InChI is InChI=1S/C6H3BrClN3O8/c7-6(8)4(10(16)17)2(12)1(9(14)15)3(13)5(6)11(18)19/h4,12-13H. The van der Waals surface area contributed by atoms with Crippen molar-refractivity contribution in [1.82, 2.24) is 0 Å². The molecule has 0 radical (unpaired) electrons. The van der Waals surface area contributed by atoms with E-state index in [0.29, 0.717) is 0 Å². The lowest BCUT2D eigenvalue weighted by Gasteiger charge is -2.23. The van der Waals surface area contributed by atoms with Crippen LogP contribution in [0.2, 0.25) is 0 Å². The largest absolute Gasteiger partial charge is 0.501 e. The maximum Gasteiger partial charge on any atom is 0.362 e. The minimum absolute atomic E-state index is 1.25. The summed E-state index contributed by atoms with van der Waals surface area (Å²) in [6, 6.07) is -2.41. The third-order valence-electron chi connectivity index (χ3n) is 2.19. The minimum atomic E-state index is -2.63. The van der Waals surface area contributed by atoms with Gasteiger partial charge in [0, 0.05) is 4.92 Å². The molecule has 0 aromatic rings. The van der Waals surface area contributed by atoms with Gasteiger partial charge in [0.1, 0.15) is 0 Å². The molecule has 2 N–H and O–H groups in total. The van der Waals surface area contributed by atoms with Gasteiger partial charge in [-0.2, -0.15) is 0 Å². The monoisotopic (exact) mass is 359 g/mol. The lowest BCUT2D eigenvalue weighted by Crippen LogP contribution is -2.47. The van der Waals surface area contributed by atoms with Crippen molar-refractivity contribution in [2.24, 2.45) is 0 Å². The van der Waals surface area contributed by atoms with Crippen LogP contribution in [0.25, 0.3) is 0 Å².